The Bertz CT molecular complexity index is 1230. The van der Waals surface area contributed by atoms with Crippen molar-refractivity contribution in [2.24, 2.45) is 0 Å². The second-order valence-corrected chi connectivity index (χ2v) is 8.22. The minimum Gasteiger partial charge on any atom is -0.335 e. The van der Waals surface area contributed by atoms with Crippen molar-refractivity contribution in [3.8, 4) is 5.69 Å². The van der Waals surface area contributed by atoms with E-state index in [0.717, 1.165) is 0 Å². The second kappa shape index (κ2) is 9.87. The highest BCUT2D eigenvalue weighted by atomic mass is 35.5. The number of halogens is 1. The molecule has 1 saturated heterocycles. The number of hydrogen-bond acceptors (Lipinski definition) is 6. The number of rotatable bonds is 4. The Morgan fingerprint density at radius 1 is 1.06 bits per heavy atom. The van der Waals surface area contributed by atoms with Crippen molar-refractivity contribution in [2.45, 2.75) is 13.3 Å². The van der Waals surface area contributed by atoms with Gasteiger partial charge in [-0.3, -0.25) is 14.9 Å². The number of nitrogens with one attached hydrogen (secondary N) is 1. The van der Waals surface area contributed by atoms with Crippen LogP contribution < -0.4 is 5.32 Å². The number of urea groups is 1. The fourth-order valence-corrected chi connectivity index (χ4v) is 3.85. The predicted molar refractivity (Wildman–Crippen MR) is 125 cm³/mol. The third-order valence-electron chi connectivity index (χ3n) is 5.55. The summed E-state index contributed by atoms with van der Waals surface area (Å²) in [5.74, 6) is -0.297. The van der Waals surface area contributed by atoms with E-state index in [0.29, 0.717) is 54.7 Å². The maximum absolute atomic E-state index is 13.2. The van der Waals surface area contributed by atoms with E-state index in [1.165, 1.54) is 16.8 Å². The van der Waals surface area contributed by atoms with Crippen LogP contribution in [0, 0.1) is 17.0 Å². The molecule has 0 atom stereocenters. The molecule has 2 aromatic carbocycles. The number of nitrogens with zero attached hydrogens (tertiary/aromatic N) is 6. The molecule has 0 bridgehead atoms. The number of aromatic nitrogens is 3. The molecule has 0 unspecified atom stereocenters. The summed E-state index contributed by atoms with van der Waals surface area (Å²) in [5.41, 5.74) is 1.65. The monoisotopic (exact) mass is 483 g/mol. The van der Waals surface area contributed by atoms with E-state index in [2.05, 4.69) is 15.6 Å². The van der Waals surface area contributed by atoms with E-state index in [-0.39, 0.29) is 23.3 Å². The molecule has 1 N–H and O–H groups in total. The highest BCUT2D eigenvalue weighted by Crippen LogP contribution is 2.20. The van der Waals surface area contributed by atoms with Crippen LogP contribution in [0.15, 0.2) is 48.5 Å². The molecule has 0 spiro atoms. The van der Waals surface area contributed by atoms with Crippen LogP contribution in [0.3, 0.4) is 0 Å². The first-order chi connectivity index (χ1) is 16.3. The van der Waals surface area contributed by atoms with Crippen molar-refractivity contribution in [3.63, 3.8) is 0 Å². The van der Waals surface area contributed by atoms with E-state index < -0.39 is 4.92 Å². The molecule has 11 nitrogen and oxygen atoms in total. The number of carbonyl (C=O) groups is 2. The molecule has 1 aliphatic rings. The predicted octanol–water partition coefficient (Wildman–Crippen LogP) is 3.52. The summed E-state index contributed by atoms with van der Waals surface area (Å²) >= 11 is 5.88. The highest BCUT2D eigenvalue weighted by Gasteiger charge is 2.27. The lowest BCUT2D eigenvalue weighted by Gasteiger charge is -2.22. The van der Waals surface area contributed by atoms with Crippen LogP contribution in [-0.2, 0) is 0 Å². The average molecular weight is 484 g/mol. The van der Waals surface area contributed by atoms with Gasteiger partial charge in [0.1, 0.15) is 0 Å². The van der Waals surface area contributed by atoms with Crippen molar-refractivity contribution < 1.29 is 14.5 Å². The summed E-state index contributed by atoms with van der Waals surface area (Å²) in [4.78, 5) is 39.7. The maximum atomic E-state index is 13.2. The molecule has 1 aliphatic heterocycles. The number of benzene rings is 2. The first-order valence-corrected chi connectivity index (χ1v) is 11.0. The molecule has 0 saturated carbocycles. The maximum Gasteiger partial charge on any atom is 0.321 e. The molecule has 4 rings (SSSR count). The lowest BCUT2D eigenvalue weighted by atomic mass is 10.2. The third kappa shape index (κ3) is 4.99. The number of carbonyl (C=O) groups excluding carboxylic acids is 2. The van der Waals surface area contributed by atoms with Crippen LogP contribution in [0.2, 0.25) is 5.02 Å². The molecular weight excluding hydrogens is 462 g/mol. The number of non-ortho nitro benzene ring substituents is 1. The molecule has 34 heavy (non-hydrogen) atoms. The van der Waals surface area contributed by atoms with Gasteiger partial charge in [0.25, 0.3) is 11.6 Å². The van der Waals surface area contributed by atoms with Gasteiger partial charge in [0.2, 0.25) is 0 Å². The summed E-state index contributed by atoms with van der Waals surface area (Å²) in [6, 6.07) is 12.6. The zero-order valence-electron chi connectivity index (χ0n) is 18.3. The van der Waals surface area contributed by atoms with Gasteiger partial charge in [0.15, 0.2) is 5.69 Å². The van der Waals surface area contributed by atoms with Crippen LogP contribution in [0.4, 0.5) is 16.2 Å². The van der Waals surface area contributed by atoms with Crippen LogP contribution in [-0.4, -0.2) is 67.8 Å². The number of nitro groups is 1. The summed E-state index contributed by atoms with van der Waals surface area (Å²) in [6.07, 6.45) is 0.609. The van der Waals surface area contributed by atoms with Crippen molar-refractivity contribution in [2.75, 3.05) is 31.5 Å². The molecule has 0 radical (unpaired) electrons. The van der Waals surface area contributed by atoms with Gasteiger partial charge in [0.05, 0.1) is 16.3 Å². The quantitative estimate of drug-likeness (QED) is 0.447. The normalized spacial score (nSPS) is 13.9. The average Bonchev–Trinajstić information content (AvgIpc) is 3.04. The highest BCUT2D eigenvalue weighted by molar-refractivity contribution is 6.30. The van der Waals surface area contributed by atoms with Crippen LogP contribution in [0.1, 0.15) is 22.6 Å². The summed E-state index contributed by atoms with van der Waals surface area (Å²) in [6.45, 7) is 3.37. The molecule has 3 amide bonds. The number of nitro benzene ring substituents is 1. The lowest BCUT2D eigenvalue weighted by molar-refractivity contribution is -0.384. The Hall–Kier alpha value is -3.99. The Morgan fingerprint density at radius 2 is 1.76 bits per heavy atom. The van der Waals surface area contributed by atoms with Crippen LogP contribution in [0.25, 0.3) is 5.69 Å². The van der Waals surface area contributed by atoms with Crippen molar-refractivity contribution in [3.05, 3.63) is 75.1 Å². The van der Waals surface area contributed by atoms with E-state index >= 15 is 0 Å². The Kier molecular flexibility index (Phi) is 6.73. The number of amides is 3. The molecule has 176 valence electrons. The largest absolute Gasteiger partial charge is 0.335 e. The first kappa shape index (κ1) is 23.2. The zero-order valence-corrected chi connectivity index (χ0v) is 19.1. The van der Waals surface area contributed by atoms with Gasteiger partial charge >= 0.3 is 6.03 Å². The van der Waals surface area contributed by atoms with Crippen molar-refractivity contribution >= 4 is 34.9 Å². The number of hydrogen-bond donors (Lipinski definition) is 1. The number of anilines is 1. The molecule has 2 heterocycles. The fourth-order valence-electron chi connectivity index (χ4n) is 3.72. The van der Waals surface area contributed by atoms with E-state index in [4.69, 9.17) is 11.6 Å². The smallest absolute Gasteiger partial charge is 0.321 e. The van der Waals surface area contributed by atoms with Gasteiger partial charge in [-0.15, -0.1) is 5.10 Å². The zero-order chi connectivity index (χ0) is 24.2. The fraction of sp³-hybridized carbons (Fsp3) is 0.273. The van der Waals surface area contributed by atoms with E-state index in [1.807, 2.05) is 0 Å². The summed E-state index contributed by atoms with van der Waals surface area (Å²) in [7, 11) is 0. The molecular formula is C22H22ClN7O4. The molecule has 1 fully saturated rings. The van der Waals surface area contributed by atoms with Crippen molar-refractivity contribution in [1.82, 2.24) is 24.8 Å². The summed E-state index contributed by atoms with van der Waals surface area (Å²) < 4.78 is 1.41. The van der Waals surface area contributed by atoms with E-state index in [9.17, 15) is 19.7 Å². The van der Waals surface area contributed by atoms with Gasteiger partial charge in [0, 0.05) is 49.0 Å². The Balaban J connectivity index is 1.43. The summed E-state index contributed by atoms with van der Waals surface area (Å²) in [5, 5.41) is 22.6. The van der Waals surface area contributed by atoms with Crippen LogP contribution in [0.5, 0.6) is 0 Å². The minimum atomic E-state index is -0.492. The standard InChI is InChI=1S/C22H22ClN7O4/c1-15-20(25-26-29(15)18-4-2-5-19(14-18)30(33)34)21(31)27-10-3-11-28(13-12-27)22(32)24-17-8-6-16(23)7-9-17/h2,4-9,14H,3,10-13H2,1H3,(H,24,32). The minimum absolute atomic E-state index is 0.0789. The molecule has 1 aromatic heterocycles. The van der Waals surface area contributed by atoms with Crippen molar-refractivity contribution in [1.29, 1.82) is 0 Å². The van der Waals surface area contributed by atoms with Gasteiger partial charge in [-0.25, -0.2) is 9.48 Å². The van der Waals surface area contributed by atoms with Gasteiger partial charge in [-0.2, -0.15) is 0 Å². The Morgan fingerprint density at radius 3 is 2.50 bits per heavy atom. The second-order valence-electron chi connectivity index (χ2n) is 7.78. The lowest BCUT2D eigenvalue weighted by Crippen LogP contribution is -2.39. The molecule has 3 aromatic rings. The van der Waals surface area contributed by atoms with E-state index in [1.54, 1.807) is 53.1 Å². The molecule has 12 heteroatoms. The Labute approximate surface area is 200 Å². The van der Waals surface area contributed by atoms with Gasteiger partial charge in [-0.1, -0.05) is 22.9 Å². The first-order valence-electron chi connectivity index (χ1n) is 10.6. The van der Waals surface area contributed by atoms with Crippen LogP contribution >= 0.6 is 11.6 Å². The van der Waals surface area contributed by atoms with Gasteiger partial charge < -0.3 is 15.1 Å². The SMILES string of the molecule is Cc1c(C(=O)N2CCCN(C(=O)Nc3ccc(Cl)cc3)CC2)nnn1-c1cccc([N+](=O)[O-])c1. The third-order valence-corrected chi connectivity index (χ3v) is 5.80. The van der Waals surface area contributed by atoms with Gasteiger partial charge in [-0.05, 0) is 43.7 Å². The topological polar surface area (TPSA) is 127 Å². The molecule has 0 aliphatic carbocycles.